The second-order valence-corrected chi connectivity index (χ2v) is 6.96. The van der Waals surface area contributed by atoms with Crippen LogP contribution in [0.5, 0.6) is 0 Å². The molecule has 1 heterocycles. The molecule has 1 aliphatic heterocycles. The Labute approximate surface area is 108 Å². The van der Waals surface area contributed by atoms with Crippen molar-refractivity contribution in [2.24, 2.45) is 0 Å². The standard InChI is InChI=1S/C14H17NO2S/c1-10-5-6-13-11(8-15-12-3-2-4-12)9-18(16,17)14(13)7-10/h5-7,9,12,15H,2-4,8H2,1H3. The molecule has 0 unspecified atom stereocenters. The van der Waals surface area contributed by atoms with Gasteiger partial charge in [0.2, 0.25) is 9.84 Å². The third kappa shape index (κ3) is 1.99. The van der Waals surface area contributed by atoms with Gasteiger partial charge in [-0.2, -0.15) is 0 Å². The van der Waals surface area contributed by atoms with Crippen LogP contribution in [0.1, 0.15) is 30.4 Å². The number of benzene rings is 1. The number of nitrogens with one attached hydrogen (secondary N) is 1. The van der Waals surface area contributed by atoms with Crippen molar-refractivity contribution < 1.29 is 8.42 Å². The number of hydrogen-bond acceptors (Lipinski definition) is 3. The van der Waals surface area contributed by atoms with Crippen molar-refractivity contribution in [2.45, 2.75) is 37.1 Å². The van der Waals surface area contributed by atoms with Gasteiger partial charge >= 0.3 is 0 Å². The van der Waals surface area contributed by atoms with E-state index in [0.717, 1.165) is 16.7 Å². The Bertz CT molecular complexity index is 613. The van der Waals surface area contributed by atoms with E-state index < -0.39 is 9.84 Å². The van der Waals surface area contributed by atoms with E-state index >= 15 is 0 Å². The minimum Gasteiger partial charge on any atom is -0.310 e. The van der Waals surface area contributed by atoms with Crippen molar-refractivity contribution in [1.82, 2.24) is 5.32 Å². The highest BCUT2D eigenvalue weighted by Gasteiger charge is 2.27. The lowest BCUT2D eigenvalue weighted by molar-refractivity contribution is 0.353. The molecule has 3 rings (SSSR count). The predicted octanol–water partition coefficient (Wildman–Crippen LogP) is 2.27. The van der Waals surface area contributed by atoms with Crippen LogP contribution in [-0.2, 0) is 9.84 Å². The van der Waals surface area contributed by atoms with Crippen LogP contribution in [0.15, 0.2) is 28.5 Å². The van der Waals surface area contributed by atoms with Crippen molar-refractivity contribution >= 4 is 15.4 Å². The Morgan fingerprint density at radius 1 is 1.33 bits per heavy atom. The van der Waals surface area contributed by atoms with Gasteiger partial charge in [0.25, 0.3) is 0 Å². The molecular weight excluding hydrogens is 246 g/mol. The molecule has 0 amide bonds. The van der Waals surface area contributed by atoms with E-state index in [9.17, 15) is 8.42 Å². The average Bonchev–Trinajstić information content (AvgIpc) is 2.48. The molecule has 0 saturated heterocycles. The van der Waals surface area contributed by atoms with Gasteiger partial charge in [-0.25, -0.2) is 8.42 Å². The highest BCUT2D eigenvalue weighted by Crippen LogP contribution is 2.33. The van der Waals surface area contributed by atoms with E-state index in [0.29, 0.717) is 17.5 Å². The number of fused-ring (bicyclic) bond motifs is 1. The Morgan fingerprint density at radius 3 is 2.78 bits per heavy atom. The summed E-state index contributed by atoms with van der Waals surface area (Å²) in [5, 5.41) is 4.84. The van der Waals surface area contributed by atoms with Crippen LogP contribution >= 0.6 is 0 Å². The summed E-state index contributed by atoms with van der Waals surface area (Å²) < 4.78 is 24.1. The molecule has 1 aromatic carbocycles. The number of aryl methyl sites for hydroxylation is 1. The van der Waals surface area contributed by atoms with Crippen LogP contribution in [0, 0.1) is 6.92 Å². The van der Waals surface area contributed by atoms with Gasteiger partial charge < -0.3 is 5.32 Å². The average molecular weight is 263 g/mol. The number of rotatable bonds is 3. The van der Waals surface area contributed by atoms with E-state index in [1.165, 1.54) is 24.7 Å². The van der Waals surface area contributed by atoms with Gasteiger partial charge in [-0.1, -0.05) is 18.6 Å². The van der Waals surface area contributed by atoms with E-state index in [2.05, 4.69) is 5.32 Å². The van der Waals surface area contributed by atoms with E-state index in [1.54, 1.807) is 6.07 Å². The fourth-order valence-electron chi connectivity index (χ4n) is 2.45. The highest BCUT2D eigenvalue weighted by atomic mass is 32.2. The van der Waals surface area contributed by atoms with Crippen LogP contribution in [0.2, 0.25) is 0 Å². The summed E-state index contributed by atoms with van der Waals surface area (Å²) in [6.45, 7) is 2.57. The van der Waals surface area contributed by atoms with Crippen LogP contribution in [0.25, 0.3) is 5.57 Å². The highest BCUT2D eigenvalue weighted by molar-refractivity contribution is 7.95. The molecule has 1 N–H and O–H groups in total. The van der Waals surface area contributed by atoms with Crippen molar-refractivity contribution in [3.63, 3.8) is 0 Å². The molecule has 0 spiro atoms. The maximum Gasteiger partial charge on any atom is 0.200 e. The molecule has 18 heavy (non-hydrogen) atoms. The molecule has 0 radical (unpaired) electrons. The second kappa shape index (κ2) is 4.21. The Morgan fingerprint density at radius 2 is 2.11 bits per heavy atom. The maximum absolute atomic E-state index is 12.0. The lowest BCUT2D eigenvalue weighted by Crippen LogP contribution is -2.35. The summed E-state index contributed by atoms with van der Waals surface area (Å²) in [7, 11) is -3.22. The molecule has 1 aliphatic carbocycles. The minimum absolute atomic E-state index is 0.466. The third-order valence-corrected chi connectivity index (χ3v) is 5.32. The summed E-state index contributed by atoms with van der Waals surface area (Å²) in [4.78, 5) is 0.466. The van der Waals surface area contributed by atoms with Crippen LogP contribution < -0.4 is 5.32 Å². The van der Waals surface area contributed by atoms with E-state index in [4.69, 9.17) is 0 Å². The molecular formula is C14H17NO2S. The quantitative estimate of drug-likeness (QED) is 0.910. The molecule has 1 saturated carbocycles. The van der Waals surface area contributed by atoms with Crippen molar-refractivity contribution in [1.29, 1.82) is 0 Å². The Hall–Kier alpha value is -1.13. The summed E-state index contributed by atoms with van der Waals surface area (Å²) in [6.07, 6.45) is 3.70. The lowest BCUT2D eigenvalue weighted by Gasteiger charge is -2.26. The number of hydrogen-bond donors (Lipinski definition) is 1. The first-order valence-corrected chi connectivity index (χ1v) is 7.91. The van der Waals surface area contributed by atoms with Gasteiger partial charge in [0.1, 0.15) is 0 Å². The smallest absolute Gasteiger partial charge is 0.200 e. The third-order valence-electron chi connectivity index (χ3n) is 3.77. The fraction of sp³-hybridized carbons (Fsp3) is 0.429. The molecule has 0 bridgehead atoms. The zero-order valence-electron chi connectivity index (χ0n) is 10.4. The molecule has 0 aromatic heterocycles. The van der Waals surface area contributed by atoms with Gasteiger partial charge in [-0.15, -0.1) is 0 Å². The molecule has 2 aliphatic rings. The zero-order chi connectivity index (χ0) is 12.8. The van der Waals surface area contributed by atoms with E-state index in [-0.39, 0.29) is 0 Å². The van der Waals surface area contributed by atoms with Crippen LogP contribution in [0.4, 0.5) is 0 Å². The van der Waals surface area contributed by atoms with Gasteiger partial charge in [0, 0.05) is 18.0 Å². The van der Waals surface area contributed by atoms with Crippen LogP contribution in [0.3, 0.4) is 0 Å². The fourth-order valence-corrected chi connectivity index (χ4v) is 4.02. The van der Waals surface area contributed by atoms with Gasteiger partial charge in [0.05, 0.1) is 4.90 Å². The van der Waals surface area contributed by atoms with Gasteiger partial charge in [-0.05, 0) is 42.5 Å². The van der Waals surface area contributed by atoms with Crippen molar-refractivity contribution in [2.75, 3.05) is 6.54 Å². The SMILES string of the molecule is Cc1ccc2c(c1)S(=O)(=O)C=C2CNC1CCC1. The normalized spacial score (nSPS) is 21.3. The van der Waals surface area contributed by atoms with Gasteiger partial charge in [0.15, 0.2) is 0 Å². The van der Waals surface area contributed by atoms with Crippen LogP contribution in [-0.4, -0.2) is 21.0 Å². The summed E-state index contributed by atoms with van der Waals surface area (Å²) in [5.41, 5.74) is 2.75. The molecule has 0 atom stereocenters. The minimum atomic E-state index is -3.22. The monoisotopic (exact) mass is 263 g/mol. The molecule has 96 valence electrons. The first-order chi connectivity index (χ1) is 8.56. The number of sulfone groups is 1. The van der Waals surface area contributed by atoms with Crippen molar-refractivity contribution in [3.8, 4) is 0 Å². The summed E-state index contributed by atoms with van der Waals surface area (Å²) in [6, 6.07) is 6.22. The molecule has 1 aromatic rings. The second-order valence-electron chi connectivity index (χ2n) is 5.20. The largest absolute Gasteiger partial charge is 0.310 e. The lowest BCUT2D eigenvalue weighted by atomic mass is 9.93. The summed E-state index contributed by atoms with van der Waals surface area (Å²) in [5.74, 6) is 0. The molecule has 4 heteroatoms. The van der Waals surface area contributed by atoms with Crippen molar-refractivity contribution in [3.05, 3.63) is 34.7 Å². The predicted molar refractivity (Wildman–Crippen MR) is 72.0 cm³/mol. The van der Waals surface area contributed by atoms with E-state index in [1.807, 2.05) is 19.1 Å². The molecule has 1 fully saturated rings. The zero-order valence-corrected chi connectivity index (χ0v) is 11.3. The van der Waals surface area contributed by atoms with Gasteiger partial charge in [-0.3, -0.25) is 0 Å². The first kappa shape index (κ1) is 11.9. The first-order valence-electron chi connectivity index (χ1n) is 6.36. The topological polar surface area (TPSA) is 46.2 Å². The Kier molecular flexibility index (Phi) is 2.79. The summed E-state index contributed by atoms with van der Waals surface area (Å²) >= 11 is 0. The molecule has 3 nitrogen and oxygen atoms in total. The maximum atomic E-state index is 12.0. The Balaban J connectivity index is 1.88.